The third-order valence-electron chi connectivity index (χ3n) is 1.53. The summed E-state index contributed by atoms with van der Waals surface area (Å²) in [6, 6.07) is 1.47. The minimum absolute atomic E-state index is 0.296. The van der Waals surface area contributed by atoms with E-state index >= 15 is 0 Å². The van der Waals surface area contributed by atoms with Gasteiger partial charge in [-0.2, -0.15) is 0 Å². The van der Waals surface area contributed by atoms with Crippen LogP contribution in [-0.4, -0.2) is 8.70 Å². The monoisotopic (exact) mass is 262 g/mol. The molecule has 0 N–H and O–H groups in total. The van der Waals surface area contributed by atoms with E-state index in [0.717, 1.165) is 15.0 Å². The van der Waals surface area contributed by atoms with E-state index < -0.39 is 0 Å². The molecule has 0 unspecified atom stereocenters. The molecule has 2 heterocycles. The summed E-state index contributed by atoms with van der Waals surface area (Å²) in [5, 5.41) is 0. The Kier molecular flexibility index (Phi) is 1.63. The lowest BCUT2D eigenvalue weighted by molar-refractivity contribution is 0.619. The number of hydrogen-bond acceptors (Lipinski definition) is 2. The van der Waals surface area contributed by atoms with E-state index in [1.807, 2.05) is 0 Å². The van der Waals surface area contributed by atoms with Gasteiger partial charge in [-0.25, -0.2) is 4.39 Å². The third kappa shape index (κ3) is 1.15. The molecule has 1 aromatic heterocycles. The zero-order valence-corrected chi connectivity index (χ0v) is 7.67. The topological polar surface area (TPSA) is 25.2 Å². The third-order valence-corrected chi connectivity index (χ3v) is 2.45. The Morgan fingerprint density at radius 3 is 3.18 bits per heavy atom. The summed E-state index contributed by atoms with van der Waals surface area (Å²) < 4.78 is 13.5. The SMILES string of the molecule is Fc1cnc2c(c1)C(I)=NC2. The van der Waals surface area contributed by atoms with Crippen LogP contribution in [0, 0.1) is 5.82 Å². The molecule has 0 aliphatic carbocycles. The lowest BCUT2D eigenvalue weighted by atomic mass is 10.2. The lowest BCUT2D eigenvalue weighted by Gasteiger charge is -1.95. The van der Waals surface area contributed by atoms with Crippen LogP contribution in [0.4, 0.5) is 4.39 Å². The average molecular weight is 262 g/mol. The maximum Gasteiger partial charge on any atom is 0.142 e. The van der Waals surface area contributed by atoms with Crippen molar-refractivity contribution >= 4 is 26.3 Å². The molecule has 0 saturated carbocycles. The molecular formula is C7H4FIN2. The highest BCUT2D eigenvalue weighted by molar-refractivity contribution is 14.1. The number of hydrogen-bond donors (Lipinski definition) is 0. The van der Waals surface area contributed by atoms with Gasteiger partial charge in [0.25, 0.3) is 0 Å². The van der Waals surface area contributed by atoms with Crippen LogP contribution in [0.25, 0.3) is 0 Å². The predicted octanol–water partition coefficient (Wildman–Crippen LogP) is 1.92. The number of pyridine rings is 1. The van der Waals surface area contributed by atoms with Gasteiger partial charge in [-0.3, -0.25) is 9.98 Å². The van der Waals surface area contributed by atoms with E-state index in [-0.39, 0.29) is 5.82 Å². The van der Waals surface area contributed by atoms with Gasteiger partial charge in [-0.05, 0) is 28.7 Å². The fourth-order valence-electron chi connectivity index (χ4n) is 1.00. The number of halogens is 2. The van der Waals surface area contributed by atoms with Crippen molar-refractivity contribution in [3.8, 4) is 0 Å². The second-order valence-corrected chi connectivity index (χ2v) is 3.28. The number of rotatable bonds is 0. The van der Waals surface area contributed by atoms with E-state index in [2.05, 4.69) is 32.6 Å². The van der Waals surface area contributed by atoms with E-state index in [1.54, 1.807) is 0 Å². The van der Waals surface area contributed by atoms with Crippen LogP contribution in [0.5, 0.6) is 0 Å². The molecule has 1 aliphatic rings. The Balaban J connectivity index is 2.60. The molecule has 1 aromatic rings. The minimum Gasteiger partial charge on any atom is -0.272 e. The Morgan fingerprint density at radius 1 is 1.55 bits per heavy atom. The van der Waals surface area contributed by atoms with Crippen molar-refractivity contribution in [2.75, 3.05) is 0 Å². The molecule has 1 aliphatic heterocycles. The van der Waals surface area contributed by atoms with Crippen LogP contribution in [-0.2, 0) is 6.54 Å². The first kappa shape index (κ1) is 7.15. The van der Waals surface area contributed by atoms with Crippen LogP contribution in [0.2, 0.25) is 0 Å². The molecule has 11 heavy (non-hydrogen) atoms. The summed E-state index contributed by atoms with van der Waals surface area (Å²) in [6.45, 7) is 0.591. The van der Waals surface area contributed by atoms with Gasteiger partial charge in [0.1, 0.15) is 9.54 Å². The van der Waals surface area contributed by atoms with E-state index in [1.165, 1.54) is 12.3 Å². The summed E-state index contributed by atoms with van der Waals surface area (Å²) >= 11 is 2.08. The van der Waals surface area contributed by atoms with Gasteiger partial charge in [-0.1, -0.05) is 0 Å². The molecule has 0 amide bonds. The first-order chi connectivity index (χ1) is 5.27. The van der Waals surface area contributed by atoms with Crippen molar-refractivity contribution in [3.63, 3.8) is 0 Å². The van der Waals surface area contributed by atoms with Gasteiger partial charge < -0.3 is 0 Å². The molecule has 2 rings (SSSR count). The Labute approximate surface area is 76.7 Å². The summed E-state index contributed by atoms with van der Waals surface area (Å²) in [5.74, 6) is -0.296. The summed E-state index contributed by atoms with van der Waals surface area (Å²) in [4.78, 5) is 8.03. The molecule has 0 spiro atoms. The molecular weight excluding hydrogens is 258 g/mol. The number of aliphatic imine (C=N–C) groups is 1. The lowest BCUT2D eigenvalue weighted by Crippen LogP contribution is -1.93. The van der Waals surface area contributed by atoms with Crippen molar-refractivity contribution < 1.29 is 4.39 Å². The van der Waals surface area contributed by atoms with Crippen molar-refractivity contribution in [2.45, 2.75) is 6.54 Å². The van der Waals surface area contributed by atoms with Crippen LogP contribution in [0.15, 0.2) is 17.3 Å². The van der Waals surface area contributed by atoms with Crippen LogP contribution in [0.3, 0.4) is 0 Å². The largest absolute Gasteiger partial charge is 0.272 e. The van der Waals surface area contributed by atoms with Crippen molar-refractivity contribution in [1.82, 2.24) is 4.98 Å². The normalized spacial score (nSPS) is 14.5. The standard InChI is InChI=1S/C7H4FIN2/c8-4-1-5-6(10-2-4)3-11-7(5)9/h1-2H,3H2. The summed E-state index contributed by atoms with van der Waals surface area (Å²) in [6.07, 6.45) is 1.23. The second kappa shape index (κ2) is 2.51. The molecule has 0 bridgehead atoms. The highest BCUT2D eigenvalue weighted by atomic mass is 127. The Morgan fingerprint density at radius 2 is 2.36 bits per heavy atom. The minimum atomic E-state index is -0.296. The van der Waals surface area contributed by atoms with Crippen molar-refractivity contribution in [2.24, 2.45) is 4.99 Å². The molecule has 56 valence electrons. The predicted molar refractivity (Wildman–Crippen MR) is 48.5 cm³/mol. The molecule has 0 fully saturated rings. The molecule has 0 radical (unpaired) electrons. The van der Waals surface area contributed by atoms with E-state index in [0.29, 0.717) is 6.54 Å². The number of fused-ring (bicyclic) bond motifs is 1. The zero-order valence-electron chi connectivity index (χ0n) is 5.51. The fourth-order valence-corrected chi connectivity index (χ4v) is 1.64. The maximum absolute atomic E-state index is 12.6. The quantitative estimate of drug-likeness (QED) is 0.655. The van der Waals surface area contributed by atoms with Gasteiger partial charge in [0, 0.05) is 5.56 Å². The fraction of sp³-hybridized carbons (Fsp3) is 0.143. The number of nitrogens with zero attached hydrogens (tertiary/aromatic N) is 2. The van der Waals surface area contributed by atoms with Crippen molar-refractivity contribution in [1.29, 1.82) is 0 Å². The highest BCUT2D eigenvalue weighted by Crippen LogP contribution is 2.20. The van der Waals surface area contributed by atoms with Crippen LogP contribution < -0.4 is 0 Å². The Hall–Kier alpha value is -0.520. The van der Waals surface area contributed by atoms with Crippen molar-refractivity contribution in [3.05, 3.63) is 29.3 Å². The van der Waals surface area contributed by atoms with Gasteiger partial charge in [0.2, 0.25) is 0 Å². The Bertz CT molecular complexity index is 335. The molecule has 0 atom stereocenters. The average Bonchev–Trinajstić information content (AvgIpc) is 2.33. The smallest absolute Gasteiger partial charge is 0.142 e. The first-order valence-corrected chi connectivity index (χ1v) is 4.20. The maximum atomic E-state index is 12.6. The molecule has 2 nitrogen and oxygen atoms in total. The van der Waals surface area contributed by atoms with Crippen LogP contribution in [0.1, 0.15) is 11.3 Å². The molecule has 4 heteroatoms. The van der Waals surface area contributed by atoms with Gasteiger partial charge in [0.15, 0.2) is 0 Å². The molecule has 0 saturated heterocycles. The number of aromatic nitrogens is 1. The highest BCUT2D eigenvalue weighted by Gasteiger charge is 2.14. The summed E-state index contributed by atoms with van der Waals surface area (Å²) in [7, 11) is 0. The van der Waals surface area contributed by atoms with Gasteiger partial charge in [0.05, 0.1) is 18.4 Å². The van der Waals surface area contributed by atoms with Gasteiger partial charge >= 0.3 is 0 Å². The first-order valence-electron chi connectivity index (χ1n) is 3.12. The second-order valence-electron chi connectivity index (χ2n) is 2.25. The van der Waals surface area contributed by atoms with Crippen LogP contribution >= 0.6 is 22.6 Å². The van der Waals surface area contributed by atoms with Gasteiger partial charge in [-0.15, -0.1) is 0 Å². The van der Waals surface area contributed by atoms with E-state index in [4.69, 9.17) is 0 Å². The molecule has 0 aromatic carbocycles. The zero-order chi connectivity index (χ0) is 7.84. The van der Waals surface area contributed by atoms with E-state index in [9.17, 15) is 4.39 Å². The summed E-state index contributed by atoms with van der Waals surface area (Å²) in [5.41, 5.74) is 1.71.